The van der Waals surface area contributed by atoms with Crippen molar-refractivity contribution in [2.45, 2.75) is 42.9 Å². The zero-order valence-electron chi connectivity index (χ0n) is 12.1. The van der Waals surface area contributed by atoms with E-state index in [0.29, 0.717) is 0 Å². The number of hydrogen-bond donors (Lipinski definition) is 3. The minimum absolute atomic E-state index is 0.000463. The molecule has 2 fully saturated rings. The molecule has 20 heavy (non-hydrogen) atoms. The zero-order chi connectivity index (χ0) is 14.2. The second kappa shape index (κ2) is 3.46. The molecular weight excluding hydrogens is 248 g/mol. The molecule has 1 aromatic rings. The van der Waals surface area contributed by atoms with E-state index in [0.717, 1.165) is 13.0 Å². The van der Waals surface area contributed by atoms with E-state index in [1.165, 1.54) is 11.3 Å². The highest BCUT2D eigenvalue weighted by molar-refractivity contribution is 5.67. The van der Waals surface area contributed by atoms with Gasteiger partial charge in [0.15, 0.2) is 0 Å². The summed E-state index contributed by atoms with van der Waals surface area (Å²) in [5.74, 6) is 0.133. The maximum Gasteiger partial charge on any atom is 0.106 e. The largest absolute Gasteiger partial charge is 0.383 e. The monoisotopic (exact) mass is 270 g/mol. The summed E-state index contributed by atoms with van der Waals surface area (Å²) < 4.78 is 0. The first-order valence-electron chi connectivity index (χ1n) is 7.48. The predicted molar refractivity (Wildman–Crippen MR) is 80.9 cm³/mol. The summed E-state index contributed by atoms with van der Waals surface area (Å²) >= 11 is 0. The molecule has 4 rings (SSSR count). The minimum Gasteiger partial charge on any atom is -0.383 e. The van der Waals surface area contributed by atoms with E-state index in [9.17, 15) is 5.11 Å². The number of rotatable bonds is 1. The number of benzene rings is 1. The minimum atomic E-state index is -0.894. The molecule has 2 heterocycles. The first-order chi connectivity index (χ1) is 9.50. The Morgan fingerprint density at radius 3 is 2.90 bits per heavy atom. The summed E-state index contributed by atoms with van der Waals surface area (Å²) in [7, 11) is 0. The third-order valence-corrected chi connectivity index (χ3v) is 6.43. The molecule has 3 N–H and O–H groups in total. The lowest BCUT2D eigenvalue weighted by molar-refractivity contribution is -0.00903. The van der Waals surface area contributed by atoms with Crippen LogP contribution in [0, 0.1) is 5.92 Å². The Morgan fingerprint density at radius 2 is 2.15 bits per heavy atom. The van der Waals surface area contributed by atoms with Gasteiger partial charge < -0.3 is 15.7 Å². The van der Waals surface area contributed by atoms with E-state index in [1.807, 2.05) is 0 Å². The molecule has 3 nitrogen and oxygen atoms in total. The van der Waals surface area contributed by atoms with Gasteiger partial charge in [-0.1, -0.05) is 31.2 Å². The van der Waals surface area contributed by atoms with Gasteiger partial charge >= 0.3 is 0 Å². The lowest BCUT2D eigenvalue weighted by Crippen LogP contribution is -2.67. The molecule has 1 aromatic carbocycles. The van der Waals surface area contributed by atoms with Crippen molar-refractivity contribution in [3.63, 3.8) is 0 Å². The van der Waals surface area contributed by atoms with Crippen LogP contribution in [0.1, 0.15) is 25.8 Å². The molecule has 3 aliphatic rings. The number of para-hydroxylation sites is 1. The maximum absolute atomic E-state index is 11.3. The highest BCUT2D eigenvalue weighted by Crippen LogP contribution is 2.64. The number of nitrogens with one attached hydrogen (secondary N) is 2. The van der Waals surface area contributed by atoms with E-state index in [-0.39, 0.29) is 22.9 Å². The molecule has 1 aliphatic carbocycles. The van der Waals surface area contributed by atoms with Crippen molar-refractivity contribution in [2.75, 3.05) is 11.9 Å². The Balaban J connectivity index is 2.01. The van der Waals surface area contributed by atoms with Gasteiger partial charge in [0.1, 0.15) is 5.60 Å². The first-order valence-corrected chi connectivity index (χ1v) is 7.48. The quantitative estimate of drug-likeness (QED) is 0.684. The van der Waals surface area contributed by atoms with Crippen LogP contribution in [0.15, 0.2) is 36.9 Å². The number of piperidine rings is 1. The molecule has 0 radical (unpaired) electrons. The molecule has 2 aliphatic heterocycles. The topological polar surface area (TPSA) is 44.3 Å². The summed E-state index contributed by atoms with van der Waals surface area (Å²) in [6, 6.07) is 8.77. The van der Waals surface area contributed by atoms with E-state index in [4.69, 9.17) is 0 Å². The van der Waals surface area contributed by atoms with Gasteiger partial charge in [0, 0.05) is 17.0 Å². The van der Waals surface area contributed by atoms with Gasteiger partial charge in [-0.2, -0.15) is 0 Å². The number of fused-ring (bicyclic) bond motifs is 1. The standard InChI is InChI=1S/C17H22N2O/c1-4-17(20)11(2)16-9-10-18-15(17,3)14(16)19-13-8-6-5-7-12(13)16/h4-8,11,14,18-20H,1,9-10H2,2-3H3/t11-,14-,15-,16?,17-/m0/s1. The second-order valence-electron chi connectivity index (χ2n) is 6.79. The van der Waals surface area contributed by atoms with E-state index < -0.39 is 5.60 Å². The van der Waals surface area contributed by atoms with E-state index >= 15 is 0 Å². The van der Waals surface area contributed by atoms with Gasteiger partial charge in [-0.05, 0) is 31.5 Å². The Kier molecular flexibility index (Phi) is 2.15. The Morgan fingerprint density at radius 1 is 1.40 bits per heavy atom. The van der Waals surface area contributed by atoms with Crippen LogP contribution >= 0.6 is 0 Å². The fourth-order valence-electron chi connectivity index (χ4n) is 5.33. The van der Waals surface area contributed by atoms with Crippen LogP contribution in [-0.2, 0) is 5.41 Å². The fourth-order valence-corrected chi connectivity index (χ4v) is 5.33. The van der Waals surface area contributed by atoms with Gasteiger partial charge in [-0.25, -0.2) is 0 Å². The smallest absolute Gasteiger partial charge is 0.106 e. The summed E-state index contributed by atoms with van der Waals surface area (Å²) in [5.41, 5.74) is 1.31. The predicted octanol–water partition coefficient (Wildman–Crippen LogP) is 2.04. The lowest BCUT2D eigenvalue weighted by Gasteiger charge is -2.45. The van der Waals surface area contributed by atoms with Crippen LogP contribution in [0.5, 0.6) is 0 Å². The number of anilines is 1. The SMILES string of the molecule is C=C[C@]1(O)[C@@H](C)C23CCN[C@@]1(C)[C@@H]2Nc1ccccc13. The molecule has 1 unspecified atom stereocenters. The molecule has 5 atom stereocenters. The molecule has 0 amide bonds. The fraction of sp³-hybridized carbons (Fsp3) is 0.529. The molecular formula is C17H22N2O. The normalized spacial score (nSPS) is 48.4. The van der Waals surface area contributed by atoms with Gasteiger partial charge in [0.2, 0.25) is 0 Å². The van der Waals surface area contributed by atoms with E-state index in [1.54, 1.807) is 6.08 Å². The van der Waals surface area contributed by atoms with Crippen LogP contribution in [0.2, 0.25) is 0 Å². The zero-order valence-corrected chi connectivity index (χ0v) is 12.1. The molecule has 1 saturated heterocycles. The van der Waals surface area contributed by atoms with Crippen LogP contribution in [0.25, 0.3) is 0 Å². The Labute approximate surface area is 120 Å². The van der Waals surface area contributed by atoms with Crippen LogP contribution < -0.4 is 10.6 Å². The third kappa shape index (κ3) is 1.01. The highest BCUT2D eigenvalue weighted by Gasteiger charge is 2.74. The average Bonchev–Trinajstić information content (AvgIpc) is 2.85. The molecule has 2 bridgehead atoms. The van der Waals surface area contributed by atoms with Crippen molar-refractivity contribution in [2.24, 2.45) is 5.92 Å². The van der Waals surface area contributed by atoms with Gasteiger partial charge in [0.25, 0.3) is 0 Å². The van der Waals surface area contributed by atoms with Gasteiger partial charge in [-0.3, -0.25) is 0 Å². The highest BCUT2D eigenvalue weighted by atomic mass is 16.3. The van der Waals surface area contributed by atoms with Crippen molar-refractivity contribution >= 4 is 5.69 Å². The van der Waals surface area contributed by atoms with Crippen LogP contribution in [0.4, 0.5) is 5.69 Å². The average molecular weight is 270 g/mol. The number of hydrogen-bond acceptors (Lipinski definition) is 3. The molecule has 3 heteroatoms. The van der Waals surface area contributed by atoms with Crippen LogP contribution in [-0.4, -0.2) is 28.8 Å². The van der Waals surface area contributed by atoms with Gasteiger partial charge in [-0.15, -0.1) is 6.58 Å². The Hall–Kier alpha value is -1.32. The molecule has 106 valence electrons. The molecule has 0 spiro atoms. The van der Waals surface area contributed by atoms with E-state index in [2.05, 4.69) is 55.3 Å². The van der Waals surface area contributed by atoms with Crippen molar-refractivity contribution in [3.05, 3.63) is 42.5 Å². The molecule has 0 aromatic heterocycles. The maximum atomic E-state index is 11.3. The summed E-state index contributed by atoms with van der Waals surface area (Å²) in [5, 5.41) is 18.6. The van der Waals surface area contributed by atoms with Crippen molar-refractivity contribution in [1.29, 1.82) is 0 Å². The van der Waals surface area contributed by atoms with Crippen molar-refractivity contribution in [3.8, 4) is 0 Å². The first kappa shape index (κ1) is 12.4. The van der Waals surface area contributed by atoms with Crippen molar-refractivity contribution < 1.29 is 5.11 Å². The lowest BCUT2D eigenvalue weighted by atomic mass is 9.67. The number of aliphatic hydroxyl groups is 1. The summed E-state index contributed by atoms with van der Waals surface area (Å²) in [6.07, 6.45) is 2.80. The molecule has 1 saturated carbocycles. The van der Waals surface area contributed by atoms with Crippen molar-refractivity contribution in [1.82, 2.24) is 5.32 Å². The van der Waals surface area contributed by atoms with Crippen LogP contribution in [0.3, 0.4) is 0 Å². The summed E-state index contributed by atoms with van der Waals surface area (Å²) in [6.45, 7) is 9.18. The third-order valence-electron chi connectivity index (χ3n) is 6.43. The summed E-state index contributed by atoms with van der Waals surface area (Å²) in [4.78, 5) is 0. The second-order valence-corrected chi connectivity index (χ2v) is 6.79. The van der Waals surface area contributed by atoms with Gasteiger partial charge in [0.05, 0.1) is 11.6 Å². The Bertz CT molecular complexity index is 600.